The molecule has 2 heterocycles. The van der Waals surface area contributed by atoms with Crippen LogP contribution in [-0.4, -0.2) is 35.1 Å². The Morgan fingerprint density at radius 1 is 0.968 bits per heavy atom. The Morgan fingerprint density at radius 2 is 1.74 bits per heavy atom. The summed E-state index contributed by atoms with van der Waals surface area (Å²) in [6.45, 7) is -0.565. The number of nitrogens with zero attached hydrogens (tertiary/aromatic N) is 1. The topological polar surface area (TPSA) is 93.9 Å². The lowest BCUT2D eigenvalue weighted by atomic mass is 10.1. The van der Waals surface area contributed by atoms with Gasteiger partial charge in [0.25, 0.3) is 11.8 Å². The first-order chi connectivity index (χ1) is 14.8. The first kappa shape index (κ1) is 20.8. The Kier molecular flexibility index (Phi) is 5.63. The Morgan fingerprint density at radius 3 is 2.45 bits per heavy atom. The standard InChI is InChI=1S/C22H13Cl2NO6/c23-13-4-6-16(18(24)9-13)19(26)11-31-22(29)12-3-5-15-17(8-12)21(28)25(20(15)27)10-14-2-1-7-30-14/h1-9H,10-11H2. The molecule has 0 radical (unpaired) electrons. The molecule has 1 aromatic heterocycles. The number of ketones is 1. The lowest BCUT2D eigenvalue weighted by Gasteiger charge is -2.11. The van der Waals surface area contributed by atoms with Crippen LogP contribution in [0.3, 0.4) is 0 Å². The molecule has 3 aromatic rings. The molecule has 0 saturated carbocycles. The van der Waals surface area contributed by atoms with Crippen molar-refractivity contribution in [1.29, 1.82) is 0 Å². The Bertz CT molecular complexity index is 1220. The van der Waals surface area contributed by atoms with Crippen LogP contribution < -0.4 is 0 Å². The van der Waals surface area contributed by atoms with Crippen molar-refractivity contribution in [3.63, 3.8) is 0 Å². The molecule has 9 heteroatoms. The molecule has 0 fully saturated rings. The number of hydrogen-bond donors (Lipinski definition) is 0. The minimum atomic E-state index is -0.814. The van der Waals surface area contributed by atoms with Gasteiger partial charge < -0.3 is 9.15 Å². The Labute approximate surface area is 186 Å². The van der Waals surface area contributed by atoms with E-state index < -0.39 is 30.2 Å². The average Bonchev–Trinajstić information content (AvgIpc) is 3.34. The van der Waals surface area contributed by atoms with Gasteiger partial charge in [-0.15, -0.1) is 0 Å². The van der Waals surface area contributed by atoms with Gasteiger partial charge in [-0.25, -0.2) is 4.79 Å². The molecule has 31 heavy (non-hydrogen) atoms. The number of esters is 1. The summed E-state index contributed by atoms with van der Waals surface area (Å²) in [5.41, 5.74) is 0.465. The van der Waals surface area contributed by atoms with Crippen molar-refractivity contribution in [2.45, 2.75) is 6.54 Å². The molecule has 7 nitrogen and oxygen atoms in total. The number of amides is 2. The summed E-state index contributed by atoms with van der Waals surface area (Å²) in [5.74, 6) is -1.90. The highest BCUT2D eigenvalue weighted by atomic mass is 35.5. The highest BCUT2D eigenvalue weighted by Crippen LogP contribution is 2.26. The molecule has 0 atom stereocenters. The number of Topliss-reactive ketones (excluding diaryl/α,β-unsaturated/α-hetero) is 1. The summed E-state index contributed by atoms with van der Waals surface area (Å²) in [7, 11) is 0. The van der Waals surface area contributed by atoms with Gasteiger partial charge in [0, 0.05) is 10.6 Å². The summed E-state index contributed by atoms with van der Waals surface area (Å²) in [6, 6.07) is 11.7. The Hall–Kier alpha value is -3.42. The van der Waals surface area contributed by atoms with Crippen LogP contribution in [0, 0.1) is 0 Å². The van der Waals surface area contributed by atoms with Gasteiger partial charge >= 0.3 is 5.97 Å². The van der Waals surface area contributed by atoms with E-state index in [0.29, 0.717) is 10.8 Å². The second kappa shape index (κ2) is 8.37. The molecule has 0 saturated heterocycles. The van der Waals surface area contributed by atoms with Crippen LogP contribution in [0.1, 0.15) is 47.2 Å². The van der Waals surface area contributed by atoms with Crippen molar-refractivity contribution in [2.75, 3.05) is 6.61 Å². The highest BCUT2D eigenvalue weighted by Gasteiger charge is 2.36. The minimum absolute atomic E-state index is 0.0184. The third-order valence-electron chi connectivity index (χ3n) is 4.67. The van der Waals surface area contributed by atoms with Crippen molar-refractivity contribution in [1.82, 2.24) is 4.90 Å². The number of hydrogen-bond acceptors (Lipinski definition) is 6. The molecule has 0 spiro atoms. The fraction of sp³-hybridized carbons (Fsp3) is 0.0909. The van der Waals surface area contributed by atoms with E-state index in [1.165, 1.54) is 42.7 Å². The number of benzene rings is 2. The monoisotopic (exact) mass is 457 g/mol. The molecule has 1 aliphatic rings. The molecule has 0 bridgehead atoms. The van der Waals surface area contributed by atoms with E-state index in [1.54, 1.807) is 12.1 Å². The zero-order chi connectivity index (χ0) is 22.1. The maximum atomic E-state index is 12.7. The molecule has 156 valence electrons. The summed E-state index contributed by atoms with van der Waals surface area (Å²) in [6.07, 6.45) is 1.44. The average molecular weight is 458 g/mol. The molecular formula is C22H13Cl2NO6. The molecule has 1 aliphatic heterocycles. The predicted octanol–water partition coefficient (Wildman–Crippen LogP) is 4.42. The van der Waals surface area contributed by atoms with Crippen LogP contribution in [0.4, 0.5) is 0 Å². The van der Waals surface area contributed by atoms with Gasteiger partial charge in [0.15, 0.2) is 6.61 Å². The summed E-state index contributed by atoms with van der Waals surface area (Å²) in [4.78, 5) is 50.9. The first-order valence-corrected chi connectivity index (χ1v) is 9.78. The number of carbonyl (C=O) groups is 4. The third kappa shape index (κ3) is 4.10. The highest BCUT2D eigenvalue weighted by molar-refractivity contribution is 6.36. The molecule has 2 aromatic carbocycles. The first-order valence-electron chi connectivity index (χ1n) is 9.03. The van der Waals surface area contributed by atoms with Crippen molar-refractivity contribution < 1.29 is 28.3 Å². The Balaban J connectivity index is 1.46. The van der Waals surface area contributed by atoms with Crippen molar-refractivity contribution in [3.05, 3.63) is 92.9 Å². The number of halogens is 2. The number of ether oxygens (including phenoxy) is 1. The molecule has 2 amide bonds. The van der Waals surface area contributed by atoms with E-state index >= 15 is 0 Å². The largest absolute Gasteiger partial charge is 0.467 e. The van der Waals surface area contributed by atoms with Crippen LogP contribution in [0.15, 0.2) is 59.2 Å². The van der Waals surface area contributed by atoms with Gasteiger partial charge in [-0.3, -0.25) is 19.3 Å². The predicted molar refractivity (Wildman–Crippen MR) is 110 cm³/mol. The maximum Gasteiger partial charge on any atom is 0.338 e. The van der Waals surface area contributed by atoms with Crippen molar-refractivity contribution in [2.24, 2.45) is 0 Å². The third-order valence-corrected chi connectivity index (χ3v) is 5.21. The summed E-state index contributed by atoms with van der Waals surface area (Å²) in [5, 5.41) is 0.517. The molecular weight excluding hydrogens is 445 g/mol. The normalized spacial score (nSPS) is 12.8. The zero-order valence-corrected chi connectivity index (χ0v) is 17.3. The minimum Gasteiger partial charge on any atom is -0.467 e. The number of imide groups is 1. The van der Waals surface area contributed by atoms with Gasteiger partial charge in [0.1, 0.15) is 5.76 Å². The van der Waals surface area contributed by atoms with E-state index in [0.717, 1.165) is 4.90 Å². The number of carbonyl (C=O) groups excluding carboxylic acids is 4. The van der Waals surface area contributed by atoms with Gasteiger partial charge in [0.05, 0.1) is 34.5 Å². The van der Waals surface area contributed by atoms with Gasteiger partial charge in [-0.05, 0) is 48.5 Å². The van der Waals surface area contributed by atoms with E-state index in [9.17, 15) is 19.2 Å². The smallest absolute Gasteiger partial charge is 0.338 e. The van der Waals surface area contributed by atoms with E-state index in [4.69, 9.17) is 32.4 Å². The van der Waals surface area contributed by atoms with Crippen molar-refractivity contribution in [3.8, 4) is 0 Å². The van der Waals surface area contributed by atoms with Gasteiger partial charge in [-0.2, -0.15) is 0 Å². The molecule has 0 unspecified atom stereocenters. The molecule has 4 rings (SSSR count). The SMILES string of the molecule is O=C(OCC(=O)c1ccc(Cl)cc1Cl)c1ccc2c(c1)C(=O)N(Cc1ccco1)C2=O. The second-order valence-corrected chi connectivity index (χ2v) is 7.50. The molecule has 0 aliphatic carbocycles. The summed E-state index contributed by atoms with van der Waals surface area (Å²) >= 11 is 11.8. The van der Waals surface area contributed by atoms with E-state index in [-0.39, 0.29) is 33.8 Å². The lowest BCUT2D eigenvalue weighted by Crippen LogP contribution is -2.28. The second-order valence-electron chi connectivity index (χ2n) is 6.66. The van der Waals surface area contributed by atoms with Crippen LogP contribution in [-0.2, 0) is 11.3 Å². The number of furan rings is 1. The van der Waals surface area contributed by atoms with Crippen LogP contribution >= 0.6 is 23.2 Å². The van der Waals surface area contributed by atoms with Gasteiger partial charge in [0.2, 0.25) is 5.78 Å². The van der Waals surface area contributed by atoms with Gasteiger partial charge in [-0.1, -0.05) is 23.2 Å². The van der Waals surface area contributed by atoms with Crippen LogP contribution in [0.5, 0.6) is 0 Å². The van der Waals surface area contributed by atoms with Crippen LogP contribution in [0.2, 0.25) is 10.0 Å². The van der Waals surface area contributed by atoms with E-state index in [1.807, 2.05) is 0 Å². The fourth-order valence-electron chi connectivity index (χ4n) is 3.13. The fourth-order valence-corrected chi connectivity index (χ4v) is 3.64. The number of fused-ring (bicyclic) bond motifs is 1. The van der Waals surface area contributed by atoms with Crippen molar-refractivity contribution >= 4 is 46.8 Å². The quantitative estimate of drug-likeness (QED) is 0.308. The summed E-state index contributed by atoms with van der Waals surface area (Å²) < 4.78 is 10.2. The zero-order valence-electron chi connectivity index (χ0n) is 15.8. The molecule has 0 N–H and O–H groups in total. The van der Waals surface area contributed by atoms with Crippen LogP contribution in [0.25, 0.3) is 0 Å². The maximum absolute atomic E-state index is 12.7. The lowest BCUT2D eigenvalue weighted by molar-refractivity contribution is 0.0474. The number of rotatable bonds is 6. The van der Waals surface area contributed by atoms with E-state index in [2.05, 4.69) is 0 Å².